The standard InChI is InChI=1S/C15H16F2N2O/c1-3-12(18-2)13-8-7-10(9-19-13)20-14-6-4-5-11(16)15(14)17/h4-9,12,18H,3H2,1-2H3. The van der Waals surface area contributed by atoms with Crippen molar-refractivity contribution in [2.45, 2.75) is 19.4 Å². The van der Waals surface area contributed by atoms with E-state index in [4.69, 9.17) is 4.74 Å². The number of hydrogen-bond donors (Lipinski definition) is 1. The molecule has 0 radical (unpaired) electrons. The molecular formula is C15H16F2N2O. The molecule has 20 heavy (non-hydrogen) atoms. The van der Waals surface area contributed by atoms with Gasteiger partial charge < -0.3 is 10.1 Å². The molecule has 0 aliphatic rings. The zero-order valence-corrected chi connectivity index (χ0v) is 11.4. The lowest BCUT2D eigenvalue weighted by Gasteiger charge is -2.13. The van der Waals surface area contributed by atoms with Gasteiger partial charge >= 0.3 is 0 Å². The quantitative estimate of drug-likeness (QED) is 0.902. The number of benzene rings is 1. The molecule has 1 aromatic carbocycles. The van der Waals surface area contributed by atoms with Crippen molar-refractivity contribution in [3.63, 3.8) is 0 Å². The highest BCUT2D eigenvalue weighted by atomic mass is 19.2. The Labute approximate surface area is 116 Å². The number of aromatic nitrogens is 1. The average Bonchev–Trinajstić information content (AvgIpc) is 2.47. The van der Waals surface area contributed by atoms with Crippen molar-refractivity contribution in [1.82, 2.24) is 10.3 Å². The Hall–Kier alpha value is -2.01. The Bertz CT molecular complexity index is 569. The van der Waals surface area contributed by atoms with E-state index < -0.39 is 11.6 Å². The highest BCUT2D eigenvalue weighted by Crippen LogP contribution is 2.26. The fourth-order valence-corrected chi connectivity index (χ4v) is 1.91. The van der Waals surface area contributed by atoms with Gasteiger partial charge in [-0.25, -0.2) is 4.39 Å². The van der Waals surface area contributed by atoms with Crippen LogP contribution in [0, 0.1) is 11.6 Å². The van der Waals surface area contributed by atoms with Crippen LogP contribution in [0.1, 0.15) is 25.1 Å². The van der Waals surface area contributed by atoms with E-state index in [-0.39, 0.29) is 11.8 Å². The van der Waals surface area contributed by atoms with Gasteiger partial charge in [0.15, 0.2) is 11.6 Å². The Morgan fingerprint density at radius 2 is 2.05 bits per heavy atom. The van der Waals surface area contributed by atoms with E-state index in [9.17, 15) is 8.78 Å². The van der Waals surface area contributed by atoms with Gasteiger partial charge in [0.25, 0.3) is 0 Å². The fraction of sp³-hybridized carbons (Fsp3) is 0.267. The van der Waals surface area contributed by atoms with Crippen LogP contribution in [0.15, 0.2) is 36.5 Å². The first kappa shape index (κ1) is 14.4. The summed E-state index contributed by atoms with van der Waals surface area (Å²) in [5.41, 5.74) is 0.877. The number of nitrogens with one attached hydrogen (secondary N) is 1. The molecule has 0 amide bonds. The van der Waals surface area contributed by atoms with Crippen LogP contribution >= 0.6 is 0 Å². The first-order valence-electron chi connectivity index (χ1n) is 6.40. The van der Waals surface area contributed by atoms with Crippen molar-refractivity contribution in [2.75, 3.05) is 7.05 Å². The second kappa shape index (κ2) is 6.43. The summed E-state index contributed by atoms with van der Waals surface area (Å²) in [5.74, 6) is -1.73. The second-order valence-electron chi connectivity index (χ2n) is 4.32. The molecule has 2 aromatic rings. The molecule has 0 aliphatic heterocycles. The van der Waals surface area contributed by atoms with E-state index in [1.807, 2.05) is 7.05 Å². The molecule has 0 saturated heterocycles. The lowest BCUT2D eigenvalue weighted by Crippen LogP contribution is -2.16. The minimum absolute atomic E-state index is 0.153. The number of hydrogen-bond acceptors (Lipinski definition) is 3. The average molecular weight is 278 g/mol. The third kappa shape index (κ3) is 3.11. The van der Waals surface area contributed by atoms with E-state index in [2.05, 4.69) is 17.2 Å². The molecule has 1 unspecified atom stereocenters. The summed E-state index contributed by atoms with van der Waals surface area (Å²) in [5, 5.41) is 3.14. The molecule has 2 rings (SSSR count). The molecule has 1 heterocycles. The topological polar surface area (TPSA) is 34.1 Å². The maximum absolute atomic E-state index is 13.5. The SMILES string of the molecule is CCC(NC)c1ccc(Oc2cccc(F)c2F)cn1. The van der Waals surface area contributed by atoms with Crippen molar-refractivity contribution >= 4 is 0 Å². The predicted octanol–water partition coefficient (Wildman–Crippen LogP) is 3.82. The summed E-state index contributed by atoms with van der Waals surface area (Å²) < 4.78 is 31.8. The molecule has 1 N–H and O–H groups in total. The van der Waals surface area contributed by atoms with E-state index in [0.29, 0.717) is 5.75 Å². The first-order valence-corrected chi connectivity index (χ1v) is 6.40. The third-order valence-corrected chi connectivity index (χ3v) is 3.02. The maximum atomic E-state index is 13.5. The molecule has 0 bridgehead atoms. The third-order valence-electron chi connectivity index (χ3n) is 3.02. The number of halogens is 2. The van der Waals surface area contributed by atoms with E-state index >= 15 is 0 Å². The van der Waals surface area contributed by atoms with Gasteiger partial charge in [-0.15, -0.1) is 0 Å². The molecule has 106 valence electrons. The molecule has 0 saturated carbocycles. The van der Waals surface area contributed by atoms with Crippen molar-refractivity contribution in [1.29, 1.82) is 0 Å². The molecule has 3 nitrogen and oxygen atoms in total. The number of pyridine rings is 1. The Morgan fingerprint density at radius 3 is 2.65 bits per heavy atom. The normalized spacial score (nSPS) is 12.2. The van der Waals surface area contributed by atoms with Crippen LogP contribution < -0.4 is 10.1 Å². The van der Waals surface area contributed by atoms with E-state index in [1.54, 1.807) is 12.1 Å². The first-order chi connectivity index (χ1) is 9.65. The van der Waals surface area contributed by atoms with Gasteiger partial charge in [0.2, 0.25) is 5.82 Å². The lowest BCUT2D eigenvalue weighted by atomic mass is 10.1. The van der Waals surface area contributed by atoms with Crippen molar-refractivity contribution in [3.8, 4) is 11.5 Å². The van der Waals surface area contributed by atoms with Crippen LogP contribution in [0.3, 0.4) is 0 Å². The summed E-state index contributed by atoms with van der Waals surface area (Å²) >= 11 is 0. The predicted molar refractivity (Wildman–Crippen MR) is 72.8 cm³/mol. The zero-order valence-electron chi connectivity index (χ0n) is 11.4. The molecule has 1 aromatic heterocycles. The van der Waals surface area contributed by atoms with Gasteiger partial charge in [-0.2, -0.15) is 4.39 Å². The summed E-state index contributed by atoms with van der Waals surface area (Å²) in [7, 11) is 1.86. The lowest BCUT2D eigenvalue weighted by molar-refractivity contribution is 0.414. The number of ether oxygens (including phenoxy) is 1. The second-order valence-corrected chi connectivity index (χ2v) is 4.32. The van der Waals surface area contributed by atoms with Crippen molar-refractivity contribution in [3.05, 3.63) is 53.9 Å². The van der Waals surface area contributed by atoms with Crippen molar-refractivity contribution < 1.29 is 13.5 Å². The van der Waals surface area contributed by atoms with Crippen LogP contribution in [0.25, 0.3) is 0 Å². The molecule has 5 heteroatoms. The minimum atomic E-state index is -1.00. The molecule has 0 aliphatic carbocycles. The van der Waals surface area contributed by atoms with Gasteiger partial charge in [-0.1, -0.05) is 13.0 Å². The monoisotopic (exact) mass is 278 g/mol. The number of rotatable bonds is 5. The summed E-state index contributed by atoms with van der Waals surface area (Å²) in [6, 6.07) is 7.46. The molecular weight excluding hydrogens is 262 g/mol. The fourth-order valence-electron chi connectivity index (χ4n) is 1.91. The highest BCUT2D eigenvalue weighted by Gasteiger charge is 2.11. The molecule has 0 fully saturated rings. The summed E-state index contributed by atoms with van der Waals surface area (Å²) in [6.45, 7) is 2.05. The summed E-state index contributed by atoms with van der Waals surface area (Å²) in [6.07, 6.45) is 2.40. The summed E-state index contributed by atoms with van der Waals surface area (Å²) in [4.78, 5) is 4.27. The largest absolute Gasteiger partial charge is 0.453 e. The van der Waals surface area contributed by atoms with Gasteiger partial charge in [0.05, 0.1) is 11.9 Å². The van der Waals surface area contributed by atoms with Crippen LogP contribution in [-0.2, 0) is 0 Å². The smallest absolute Gasteiger partial charge is 0.201 e. The van der Waals surface area contributed by atoms with Crippen LogP contribution in [-0.4, -0.2) is 12.0 Å². The zero-order chi connectivity index (χ0) is 14.5. The van der Waals surface area contributed by atoms with Crippen LogP contribution in [0.2, 0.25) is 0 Å². The van der Waals surface area contributed by atoms with Crippen LogP contribution in [0.5, 0.6) is 11.5 Å². The van der Waals surface area contributed by atoms with Crippen LogP contribution in [0.4, 0.5) is 8.78 Å². The Morgan fingerprint density at radius 1 is 1.25 bits per heavy atom. The Kier molecular flexibility index (Phi) is 4.63. The van der Waals surface area contributed by atoms with Gasteiger partial charge in [-0.05, 0) is 37.7 Å². The molecule has 0 spiro atoms. The van der Waals surface area contributed by atoms with Gasteiger partial charge in [0.1, 0.15) is 5.75 Å². The number of nitrogens with zero attached hydrogens (tertiary/aromatic N) is 1. The Balaban J connectivity index is 2.17. The van der Waals surface area contributed by atoms with E-state index in [1.165, 1.54) is 18.3 Å². The maximum Gasteiger partial charge on any atom is 0.201 e. The van der Waals surface area contributed by atoms with Crippen molar-refractivity contribution in [2.24, 2.45) is 0 Å². The minimum Gasteiger partial charge on any atom is -0.453 e. The molecule has 1 atom stereocenters. The van der Waals surface area contributed by atoms with E-state index in [0.717, 1.165) is 18.2 Å². The van der Waals surface area contributed by atoms with Gasteiger partial charge in [-0.3, -0.25) is 4.98 Å². The van der Waals surface area contributed by atoms with Gasteiger partial charge in [0, 0.05) is 6.04 Å². The highest BCUT2D eigenvalue weighted by molar-refractivity contribution is 5.32.